The Morgan fingerprint density at radius 2 is 1.44 bits per heavy atom. The zero-order valence-electron chi connectivity index (χ0n) is 28.2. The number of rotatable bonds is 5. The number of carbonyl (C=O) groups excluding carboxylic acids is 4. The lowest BCUT2D eigenvalue weighted by Gasteiger charge is -2.51. The number of nitrogens with one attached hydrogen (secondary N) is 1. The molecule has 2 heterocycles. The van der Waals surface area contributed by atoms with E-state index >= 15 is 4.79 Å². The topological polar surface area (TPSA) is 107 Å². The molecule has 2 saturated heterocycles. The van der Waals surface area contributed by atoms with Gasteiger partial charge < -0.3 is 5.11 Å². The number of phenolic OH excluding ortho intramolecular Hbond substituents is 1. The maximum atomic E-state index is 15.4. The van der Waals surface area contributed by atoms with E-state index in [2.05, 4.69) is 27.4 Å². The Labute approximate surface area is 308 Å². The van der Waals surface area contributed by atoms with Gasteiger partial charge in [-0.15, -0.1) is 0 Å². The van der Waals surface area contributed by atoms with Crippen LogP contribution in [-0.4, -0.2) is 33.7 Å². The van der Waals surface area contributed by atoms with Crippen LogP contribution < -0.4 is 10.3 Å². The van der Waals surface area contributed by atoms with Crippen molar-refractivity contribution in [3.05, 3.63) is 148 Å². The van der Waals surface area contributed by atoms with Crippen molar-refractivity contribution in [2.45, 2.75) is 31.1 Å². The molecule has 52 heavy (non-hydrogen) atoms. The Kier molecular flexibility index (Phi) is 7.48. The van der Waals surface area contributed by atoms with Crippen molar-refractivity contribution in [1.29, 1.82) is 0 Å². The van der Waals surface area contributed by atoms with E-state index in [1.165, 1.54) is 9.91 Å². The molecule has 1 saturated carbocycles. The molecule has 0 aromatic heterocycles. The third-order valence-corrected chi connectivity index (χ3v) is 12.3. The molecule has 9 heteroatoms. The predicted molar refractivity (Wildman–Crippen MR) is 201 cm³/mol. The Bertz CT molecular complexity index is 2340. The second-order valence-corrected chi connectivity index (χ2v) is 15.2. The highest BCUT2D eigenvalue weighted by Crippen LogP contribution is 2.65. The van der Waals surface area contributed by atoms with Crippen molar-refractivity contribution in [2.24, 2.45) is 23.7 Å². The van der Waals surface area contributed by atoms with Crippen molar-refractivity contribution in [2.75, 3.05) is 10.3 Å². The van der Waals surface area contributed by atoms with Gasteiger partial charge in [0.05, 0.1) is 34.5 Å². The molecule has 4 aliphatic rings. The van der Waals surface area contributed by atoms with Crippen LogP contribution in [0.25, 0.3) is 10.8 Å². The third kappa shape index (κ3) is 4.58. The van der Waals surface area contributed by atoms with E-state index in [9.17, 15) is 19.5 Å². The molecule has 258 valence electrons. The van der Waals surface area contributed by atoms with Crippen molar-refractivity contribution in [3.8, 4) is 5.75 Å². The molecule has 2 aliphatic heterocycles. The first kappa shape index (κ1) is 32.4. The van der Waals surface area contributed by atoms with Gasteiger partial charge in [-0.3, -0.25) is 29.5 Å². The van der Waals surface area contributed by atoms with Crippen LogP contribution in [0.4, 0.5) is 11.4 Å². The fourth-order valence-corrected chi connectivity index (χ4v) is 9.76. The highest BCUT2D eigenvalue weighted by Gasteiger charge is 2.70. The molecule has 0 radical (unpaired) electrons. The number of aromatic hydroxyl groups is 1. The minimum atomic E-state index is -1.40. The van der Waals surface area contributed by atoms with Gasteiger partial charge in [0.15, 0.2) is 0 Å². The molecule has 5 aromatic rings. The molecule has 3 fully saturated rings. The summed E-state index contributed by atoms with van der Waals surface area (Å²) in [5.41, 5.74) is 6.23. The number of hydrogen-bond acceptors (Lipinski definition) is 6. The van der Waals surface area contributed by atoms with Crippen molar-refractivity contribution >= 4 is 61.7 Å². The normalized spacial score (nSPS) is 26.7. The van der Waals surface area contributed by atoms with E-state index in [1.807, 2.05) is 91.9 Å². The van der Waals surface area contributed by atoms with Gasteiger partial charge in [0.1, 0.15) is 5.75 Å². The second-order valence-electron chi connectivity index (χ2n) is 14.3. The van der Waals surface area contributed by atoms with Crippen molar-refractivity contribution < 1.29 is 24.3 Å². The molecular formula is C43H34BrN3O5. The lowest BCUT2D eigenvalue weighted by Crippen LogP contribution is -2.53. The van der Waals surface area contributed by atoms with E-state index < -0.39 is 35.0 Å². The Balaban J connectivity index is 1.27. The number of hydrogen-bond donors (Lipinski definition) is 2. The summed E-state index contributed by atoms with van der Waals surface area (Å²) in [4.78, 5) is 60.3. The van der Waals surface area contributed by atoms with Crippen LogP contribution in [0.1, 0.15) is 35.4 Å². The average Bonchev–Trinajstić information content (AvgIpc) is 3.54. The predicted octanol–water partition coefficient (Wildman–Crippen LogP) is 7.81. The van der Waals surface area contributed by atoms with Crippen LogP contribution in [-0.2, 0) is 24.6 Å². The lowest BCUT2D eigenvalue weighted by atomic mass is 9.49. The Hall–Kier alpha value is -5.54. The van der Waals surface area contributed by atoms with E-state index in [0.717, 1.165) is 26.6 Å². The third-order valence-electron chi connectivity index (χ3n) is 11.7. The molecule has 0 bridgehead atoms. The molecule has 6 atom stereocenters. The molecular weight excluding hydrogens is 718 g/mol. The number of allylic oxidation sites excluding steroid dienone is 2. The Morgan fingerprint density at radius 3 is 2.17 bits per heavy atom. The SMILES string of the molecule is Cc1ccc(NN2C(=O)[C@@H]3C[C@@H]4C(=CC[C@@H]5C(=O)N(c6ccc(Br)cc6)C(=O)[C@@H]54)[C@H](c4ccc(O)c5ccccc45)[C@]3(c3ccccc3)C2=O)cc1. The number of aryl methyl sites for hydroxylation is 1. The number of phenols is 1. The van der Waals surface area contributed by atoms with Crippen molar-refractivity contribution in [1.82, 2.24) is 5.01 Å². The smallest absolute Gasteiger partial charge is 0.260 e. The van der Waals surface area contributed by atoms with Gasteiger partial charge in [-0.25, -0.2) is 0 Å². The number of carbonyl (C=O) groups is 4. The largest absolute Gasteiger partial charge is 0.507 e. The van der Waals surface area contributed by atoms with Gasteiger partial charge in [0, 0.05) is 15.8 Å². The number of nitrogens with zero attached hydrogens (tertiary/aromatic N) is 2. The zero-order valence-corrected chi connectivity index (χ0v) is 29.8. The number of benzene rings is 5. The highest BCUT2D eigenvalue weighted by molar-refractivity contribution is 9.10. The minimum absolute atomic E-state index is 0.105. The summed E-state index contributed by atoms with van der Waals surface area (Å²) in [5, 5.41) is 13.6. The molecule has 0 spiro atoms. The summed E-state index contributed by atoms with van der Waals surface area (Å²) in [7, 11) is 0. The number of halogens is 1. The summed E-state index contributed by atoms with van der Waals surface area (Å²) >= 11 is 3.45. The van der Waals surface area contributed by atoms with Crippen LogP contribution in [0.15, 0.2) is 131 Å². The fraction of sp³-hybridized carbons (Fsp3) is 0.209. The number of fused-ring (bicyclic) bond motifs is 5. The van der Waals surface area contributed by atoms with Crippen LogP contribution in [0.5, 0.6) is 5.75 Å². The molecule has 8 nitrogen and oxygen atoms in total. The van der Waals surface area contributed by atoms with Gasteiger partial charge >= 0.3 is 0 Å². The van der Waals surface area contributed by atoms with Crippen LogP contribution in [0.3, 0.4) is 0 Å². The van der Waals surface area contributed by atoms with Crippen molar-refractivity contribution in [3.63, 3.8) is 0 Å². The summed E-state index contributed by atoms with van der Waals surface area (Å²) in [5.74, 6) is -4.58. The molecule has 0 unspecified atom stereocenters. The first-order valence-corrected chi connectivity index (χ1v) is 18.3. The van der Waals surface area contributed by atoms with Gasteiger partial charge in [-0.05, 0) is 84.7 Å². The van der Waals surface area contributed by atoms with Crippen LogP contribution >= 0.6 is 15.9 Å². The maximum absolute atomic E-state index is 15.4. The highest BCUT2D eigenvalue weighted by atomic mass is 79.9. The average molecular weight is 753 g/mol. The molecule has 9 rings (SSSR count). The number of anilines is 2. The quantitative estimate of drug-likeness (QED) is 0.140. The summed E-state index contributed by atoms with van der Waals surface area (Å²) < 4.78 is 0.832. The zero-order chi connectivity index (χ0) is 35.9. The number of imide groups is 2. The number of hydrazine groups is 1. The van der Waals surface area contributed by atoms with E-state index in [-0.39, 0.29) is 35.8 Å². The molecule has 4 amide bonds. The minimum Gasteiger partial charge on any atom is -0.507 e. The van der Waals surface area contributed by atoms with Gasteiger partial charge in [0.25, 0.3) is 11.8 Å². The standard InChI is InChI=1S/C43H34BrN3O5/c1-24-11-15-27(16-12-24)45-47-40(50)35-23-34-32(19-20-33-37(34)41(51)46(39(33)49)28-17-13-26(44)14-18-28)38(43(35,42(47)52)25-7-3-2-4-8-25)31-21-22-36(48)30-10-6-5-9-29(30)31/h2-19,21-22,33-35,37-38,45,48H,20,23H2,1H3/t33-,34+,35-,37-,38-,43+/m0/s1. The van der Waals surface area contributed by atoms with Crippen LogP contribution in [0, 0.1) is 30.6 Å². The second kappa shape index (κ2) is 12.0. The van der Waals surface area contributed by atoms with E-state index in [0.29, 0.717) is 28.7 Å². The number of amides is 4. The van der Waals surface area contributed by atoms with Gasteiger partial charge in [-0.2, -0.15) is 5.01 Å². The Morgan fingerprint density at radius 1 is 0.750 bits per heavy atom. The molecule has 5 aromatic carbocycles. The van der Waals surface area contributed by atoms with Gasteiger partial charge in [-0.1, -0.05) is 106 Å². The lowest BCUT2D eigenvalue weighted by molar-refractivity contribution is -0.138. The van der Waals surface area contributed by atoms with Gasteiger partial charge in [0.2, 0.25) is 11.8 Å². The van der Waals surface area contributed by atoms with Crippen LogP contribution in [0.2, 0.25) is 0 Å². The molecule has 2 N–H and O–H groups in total. The molecule has 2 aliphatic carbocycles. The maximum Gasteiger partial charge on any atom is 0.260 e. The monoisotopic (exact) mass is 751 g/mol. The summed E-state index contributed by atoms with van der Waals surface area (Å²) in [6.07, 6.45) is 2.59. The first-order chi connectivity index (χ1) is 25.2. The van der Waals surface area contributed by atoms with E-state index in [4.69, 9.17) is 0 Å². The fourth-order valence-electron chi connectivity index (χ4n) is 9.49. The van der Waals surface area contributed by atoms with E-state index in [1.54, 1.807) is 30.3 Å². The summed E-state index contributed by atoms with van der Waals surface area (Å²) in [6.45, 7) is 1.97. The summed E-state index contributed by atoms with van der Waals surface area (Å²) in [6, 6.07) is 35.1. The first-order valence-electron chi connectivity index (χ1n) is 17.5.